The third kappa shape index (κ3) is 3.04. The van der Waals surface area contributed by atoms with Crippen molar-refractivity contribution in [3.05, 3.63) is 22.9 Å². The molecule has 2 rings (SSSR count). The Bertz CT molecular complexity index is 524. The smallest absolute Gasteiger partial charge is 0.244 e. The van der Waals surface area contributed by atoms with Crippen LogP contribution >= 0.6 is 27.5 Å². The van der Waals surface area contributed by atoms with Gasteiger partial charge in [0, 0.05) is 35.8 Å². The lowest BCUT2D eigenvalue weighted by molar-refractivity contribution is 0.283. The summed E-state index contributed by atoms with van der Waals surface area (Å²) in [6.07, 6.45) is 4.80. The van der Waals surface area contributed by atoms with Crippen LogP contribution in [0, 0.1) is 5.92 Å². The largest absolute Gasteiger partial charge is 0.262 e. The summed E-state index contributed by atoms with van der Waals surface area (Å²) in [4.78, 5) is 4.13. The van der Waals surface area contributed by atoms with Crippen molar-refractivity contribution in [1.82, 2.24) is 9.29 Å². The van der Waals surface area contributed by atoms with E-state index >= 15 is 0 Å². The molecular formula is C11H14BrClN2O2S. The Morgan fingerprint density at radius 1 is 1.50 bits per heavy atom. The zero-order valence-corrected chi connectivity index (χ0v) is 12.9. The van der Waals surface area contributed by atoms with E-state index in [0.717, 1.165) is 12.8 Å². The third-order valence-corrected chi connectivity index (χ3v) is 5.72. The molecule has 18 heavy (non-hydrogen) atoms. The summed E-state index contributed by atoms with van der Waals surface area (Å²) in [5.41, 5.74) is 0. The number of rotatable bonds is 3. The molecule has 1 fully saturated rings. The van der Waals surface area contributed by atoms with Crippen molar-refractivity contribution in [3.8, 4) is 0 Å². The molecule has 2 heterocycles. The Morgan fingerprint density at radius 3 is 2.94 bits per heavy atom. The molecule has 0 bridgehead atoms. The molecule has 7 heteroatoms. The van der Waals surface area contributed by atoms with Crippen LogP contribution in [0.4, 0.5) is 0 Å². The molecule has 1 saturated heterocycles. The van der Waals surface area contributed by atoms with Crippen molar-refractivity contribution in [2.75, 3.05) is 19.0 Å². The first kappa shape index (κ1) is 14.2. The standard InChI is InChI=1S/C11H14BrClN2O2S/c12-10-4-11(7-14-6-10)18(16,17)15-3-1-2-9(5-13)8-15/h4,6-7,9H,1-3,5,8H2. The number of piperidine rings is 1. The number of aromatic nitrogens is 1. The van der Waals surface area contributed by atoms with E-state index in [4.69, 9.17) is 11.6 Å². The molecule has 0 amide bonds. The summed E-state index contributed by atoms with van der Waals surface area (Å²) >= 11 is 9.06. The summed E-state index contributed by atoms with van der Waals surface area (Å²) < 4.78 is 27.0. The lowest BCUT2D eigenvalue weighted by atomic mass is 10.0. The molecular weight excluding hydrogens is 340 g/mol. The summed E-state index contributed by atoms with van der Waals surface area (Å²) in [6, 6.07) is 1.58. The Labute approximate surface area is 121 Å². The van der Waals surface area contributed by atoms with Gasteiger partial charge in [-0.3, -0.25) is 4.98 Å². The number of sulfonamides is 1. The molecule has 1 atom stereocenters. The lowest BCUT2D eigenvalue weighted by Crippen LogP contribution is -2.40. The monoisotopic (exact) mass is 352 g/mol. The topological polar surface area (TPSA) is 50.3 Å². The van der Waals surface area contributed by atoms with Crippen molar-refractivity contribution in [2.45, 2.75) is 17.7 Å². The van der Waals surface area contributed by atoms with Gasteiger partial charge in [-0.25, -0.2) is 8.42 Å². The molecule has 0 aromatic carbocycles. The van der Waals surface area contributed by atoms with Crippen molar-refractivity contribution in [3.63, 3.8) is 0 Å². The zero-order valence-electron chi connectivity index (χ0n) is 9.72. The normalized spacial score (nSPS) is 22.0. The first-order chi connectivity index (χ1) is 8.54. The number of halogens is 2. The summed E-state index contributed by atoms with van der Waals surface area (Å²) in [7, 11) is -3.45. The quantitative estimate of drug-likeness (QED) is 0.785. The molecule has 0 aliphatic carbocycles. The second-order valence-corrected chi connectivity index (χ2v) is 7.53. The Morgan fingerprint density at radius 2 is 2.28 bits per heavy atom. The first-order valence-corrected chi connectivity index (χ1v) is 8.47. The maximum atomic E-state index is 12.4. The SMILES string of the molecule is O=S(=O)(c1cncc(Br)c1)N1CCCC(CCl)C1. The molecule has 100 valence electrons. The van der Waals surface area contributed by atoms with Crippen LogP contribution < -0.4 is 0 Å². The number of pyridine rings is 1. The zero-order chi connectivity index (χ0) is 13.2. The van der Waals surface area contributed by atoms with Crippen LogP contribution in [0.15, 0.2) is 27.8 Å². The fourth-order valence-corrected chi connectivity index (χ4v) is 4.37. The van der Waals surface area contributed by atoms with E-state index < -0.39 is 10.0 Å². The van der Waals surface area contributed by atoms with Gasteiger partial charge in [-0.2, -0.15) is 4.31 Å². The highest BCUT2D eigenvalue weighted by molar-refractivity contribution is 9.10. The van der Waals surface area contributed by atoms with Gasteiger partial charge >= 0.3 is 0 Å². The summed E-state index contributed by atoms with van der Waals surface area (Å²) in [5, 5.41) is 0. The maximum absolute atomic E-state index is 12.4. The molecule has 0 N–H and O–H groups in total. The van der Waals surface area contributed by atoms with Crippen molar-refractivity contribution in [2.24, 2.45) is 5.92 Å². The molecule has 1 unspecified atom stereocenters. The fourth-order valence-electron chi connectivity index (χ4n) is 2.05. The molecule has 1 aromatic heterocycles. The highest BCUT2D eigenvalue weighted by Gasteiger charge is 2.30. The van der Waals surface area contributed by atoms with Gasteiger partial charge in [0.1, 0.15) is 4.90 Å². The molecule has 1 aromatic rings. The van der Waals surface area contributed by atoms with Crippen LogP contribution in [0.2, 0.25) is 0 Å². The summed E-state index contributed by atoms with van der Waals surface area (Å²) in [5.74, 6) is 0.748. The van der Waals surface area contributed by atoms with E-state index in [-0.39, 0.29) is 10.8 Å². The van der Waals surface area contributed by atoms with Crippen LogP contribution in [-0.4, -0.2) is 36.7 Å². The van der Waals surface area contributed by atoms with Crippen molar-refractivity contribution < 1.29 is 8.42 Å². The minimum absolute atomic E-state index is 0.229. The number of hydrogen-bond donors (Lipinski definition) is 0. The van der Waals surface area contributed by atoms with Crippen molar-refractivity contribution >= 4 is 37.6 Å². The van der Waals surface area contributed by atoms with Gasteiger partial charge in [0.05, 0.1) is 0 Å². The van der Waals surface area contributed by atoms with E-state index in [0.29, 0.717) is 23.4 Å². The minimum Gasteiger partial charge on any atom is -0.262 e. The number of nitrogens with zero attached hydrogens (tertiary/aromatic N) is 2. The predicted octanol–water partition coefficient (Wildman–Crippen LogP) is 2.48. The highest BCUT2D eigenvalue weighted by Crippen LogP contribution is 2.25. The van der Waals surface area contributed by atoms with Crippen LogP contribution in [0.25, 0.3) is 0 Å². The second kappa shape index (κ2) is 5.86. The van der Waals surface area contributed by atoms with Gasteiger partial charge in [-0.15, -0.1) is 11.6 Å². The average Bonchev–Trinajstić information content (AvgIpc) is 2.39. The minimum atomic E-state index is -3.45. The predicted molar refractivity (Wildman–Crippen MR) is 74.1 cm³/mol. The Hall–Kier alpha value is -0.170. The van der Waals surface area contributed by atoms with E-state index in [9.17, 15) is 8.42 Å². The van der Waals surface area contributed by atoms with Gasteiger partial charge in [0.15, 0.2) is 0 Å². The van der Waals surface area contributed by atoms with Crippen LogP contribution in [0.5, 0.6) is 0 Å². The molecule has 0 spiro atoms. The Balaban J connectivity index is 2.25. The average molecular weight is 354 g/mol. The van der Waals surface area contributed by atoms with E-state index in [2.05, 4.69) is 20.9 Å². The van der Waals surface area contributed by atoms with Gasteiger partial charge in [0.25, 0.3) is 0 Å². The van der Waals surface area contributed by atoms with E-state index in [1.807, 2.05) is 0 Å². The second-order valence-electron chi connectivity index (χ2n) is 4.36. The Kier molecular flexibility index (Phi) is 4.64. The van der Waals surface area contributed by atoms with E-state index in [1.165, 1.54) is 10.5 Å². The fraction of sp³-hybridized carbons (Fsp3) is 0.545. The lowest BCUT2D eigenvalue weighted by Gasteiger charge is -2.30. The summed E-state index contributed by atoms with van der Waals surface area (Å²) in [6.45, 7) is 1.06. The first-order valence-electron chi connectivity index (χ1n) is 5.70. The van der Waals surface area contributed by atoms with Gasteiger partial charge in [-0.1, -0.05) is 0 Å². The molecule has 0 radical (unpaired) electrons. The number of alkyl halides is 1. The van der Waals surface area contributed by atoms with Crippen LogP contribution in [-0.2, 0) is 10.0 Å². The third-order valence-electron chi connectivity index (χ3n) is 3.02. The molecule has 0 saturated carbocycles. The van der Waals surface area contributed by atoms with Gasteiger partial charge < -0.3 is 0 Å². The molecule has 1 aliphatic rings. The van der Waals surface area contributed by atoms with Gasteiger partial charge in [0.2, 0.25) is 10.0 Å². The molecule has 4 nitrogen and oxygen atoms in total. The molecule has 1 aliphatic heterocycles. The van der Waals surface area contributed by atoms with Crippen LogP contribution in [0.3, 0.4) is 0 Å². The van der Waals surface area contributed by atoms with Crippen LogP contribution in [0.1, 0.15) is 12.8 Å². The van der Waals surface area contributed by atoms with Crippen molar-refractivity contribution in [1.29, 1.82) is 0 Å². The van der Waals surface area contributed by atoms with E-state index in [1.54, 1.807) is 12.3 Å². The van der Waals surface area contributed by atoms with Gasteiger partial charge in [-0.05, 0) is 40.8 Å². The maximum Gasteiger partial charge on any atom is 0.244 e. The highest BCUT2D eigenvalue weighted by atomic mass is 79.9. The number of hydrogen-bond acceptors (Lipinski definition) is 3.